The number of nitro groups is 1. The summed E-state index contributed by atoms with van der Waals surface area (Å²) in [5.41, 5.74) is 0.548. The van der Waals surface area contributed by atoms with Crippen LogP contribution >= 0.6 is 11.8 Å². The molecule has 0 unspecified atom stereocenters. The van der Waals surface area contributed by atoms with Crippen molar-refractivity contribution in [3.8, 4) is 11.4 Å². The van der Waals surface area contributed by atoms with Gasteiger partial charge in [0.15, 0.2) is 5.16 Å². The molecule has 0 aliphatic heterocycles. The van der Waals surface area contributed by atoms with E-state index in [0.717, 1.165) is 18.1 Å². The molecule has 124 valence electrons. The van der Waals surface area contributed by atoms with Crippen LogP contribution in [-0.2, 0) is 12.3 Å². The largest absolute Gasteiger partial charge is 0.338 e. The van der Waals surface area contributed by atoms with Crippen molar-refractivity contribution in [2.75, 3.05) is 0 Å². The monoisotopic (exact) mass is 345 g/mol. The van der Waals surface area contributed by atoms with E-state index in [-0.39, 0.29) is 5.69 Å². The van der Waals surface area contributed by atoms with Crippen LogP contribution < -0.4 is 0 Å². The van der Waals surface area contributed by atoms with Crippen molar-refractivity contribution in [2.45, 2.75) is 30.8 Å². The summed E-state index contributed by atoms with van der Waals surface area (Å²) >= 11 is 1.51. The zero-order valence-electron chi connectivity index (χ0n) is 13.0. The van der Waals surface area contributed by atoms with Gasteiger partial charge in [-0.05, 0) is 6.42 Å². The van der Waals surface area contributed by atoms with Gasteiger partial charge in [0, 0.05) is 36.6 Å². The molecule has 3 rings (SSSR count). The molecule has 0 atom stereocenters. The molecule has 0 aliphatic rings. The maximum Gasteiger partial charge on any atom is 0.270 e. The van der Waals surface area contributed by atoms with E-state index in [9.17, 15) is 10.1 Å². The number of imidazole rings is 1. The Labute approximate surface area is 142 Å². The van der Waals surface area contributed by atoms with Crippen LogP contribution in [0.3, 0.4) is 0 Å². The molecule has 1 aromatic carbocycles. The Morgan fingerprint density at radius 1 is 1.42 bits per heavy atom. The first-order valence-electron chi connectivity index (χ1n) is 7.38. The van der Waals surface area contributed by atoms with Crippen LogP contribution in [0.2, 0.25) is 0 Å². The van der Waals surface area contributed by atoms with E-state index in [1.165, 1.54) is 23.9 Å². The van der Waals surface area contributed by atoms with Gasteiger partial charge in [-0.15, -0.1) is 0 Å². The van der Waals surface area contributed by atoms with Gasteiger partial charge < -0.3 is 9.09 Å². The van der Waals surface area contributed by atoms with Crippen LogP contribution in [0.15, 0.2) is 46.3 Å². The van der Waals surface area contributed by atoms with E-state index in [2.05, 4.69) is 26.6 Å². The lowest BCUT2D eigenvalue weighted by atomic mass is 10.2. The van der Waals surface area contributed by atoms with Crippen molar-refractivity contribution >= 4 is 17.4 Å². The van der Waals surface area contributed by atoms with Gasteiger partial charge in [-0.3, -0.25) is 10.1 Å². The average Bonchev–Trinajstić information content (AvgIpc) is 3.23. The minimum absolute atomic E-state index is 0.00480. The van der Waals surface area contributed by atoms with E-state index in [1.54, 1.807) is 18.3 Å². The highest BCUT2D eigenvalue weighted by Crippen LogP contribution is 2.24. The molecule has 0 aliphatic carbocycles. The number of aromatic nitrogens is 4. The normalized spacial score (nSPS) is 10.9. The lowest BCUT2D eigenvalue weighted by molar-refractivity contribution is -0.384. The zero-order chi connectivity index (χ0) is 16.9. The summed E-state index contributed by atoms with van der Waals surface area (Å²) in [5, 5.41) is 15.6. The molecule has 2 aromatic heterocycles. The maximum absolute atomic E-state index is 10.8. The van der Waals surface area contributed by atoms with Crippen molar-refractivity contribution < 1.29 is 9.45 Å². The standard InChI is InChI=1S/C15H15N5O3S/c1-2-7-19-8-6-16-15(19)24-10-13-17-14(18-23-13)11-4-3-5-12(9-11)20(21)22/h3-6,8-9H,2,7,10H2,1H3. The molecule has 3 aromatic rings. The average molecular weight is 345 g/mol. The molecule has 0 spiro atoms. The third kappa shape index (κ3) is 3.62. The molecule has 0 N–H and O–H groups in total. The number of aryl methyl sites for hydroxylation is 1. The molecule has 0 amide bonds. The topological polar surface area (TPSA) is 99.9 Å². The van der Waals surface area contributed by atoms with Gasteiger partial charge in [0.1, 0.15) is 0 Å². The van der Waals surface area contributed by atoms with Crippen LogP contribution in [0, 0.1) is 10.1 Å². The van der Waals surface area contributed by atoms with Gasteiger partial charge in [0.2, 0.25) is 11.7 Å². The predicted octanol–water partition coefficient (Wildman–Crippen LogP) is 3.54. The molecule has 2 heterocycles. The third-order valence-corrected chi connectivity index (χ3v) is 4.24. The first-order chi connectivity index (χ1) is 11.7. The van der Waals surface area contributed by atoms with Crippen LogP contribution in [0.1, 0.15) is 19.2 Å². The molecule has 0 fully saturated rings. The van der Waals surface area contributed by atoms with Crippen molar-refractivity contribution in [3.63, 3.8) is 0 Å². The van der Waals surface area contributed by atoms with Gasteiger partial charge in [-0.1, -0.05) is 36.0 Å². The second-order valence-electron chi connectivity index (χ2n) is 5.01. The van der Waals surface area contributed by atoms with E-state index >= 15 is 0 Å². The van der Waals surface area contributed by atoms with E-state index < -0.39 is 4.92 Å². The number of nitro benzene ring substituents is 1. The second-order valence-corrected chi connectivity index (χ2v) is 5.95. The number of non-ortho nitro benzene ring substituents is 1. The summed E-state index contributed by atoms with van der Waals surface area (Å²) in [5.74, 6) is 1.28. The van der Waals surface area contributed by atoms with Crippen molar-refractivity contribution in [1.29, 1.82) is 0 Å². The summed E-state index contributed by atoms with van der Waals surface area (Å²) in [6.45, 7) is 3.02. The number of hydrogen-bond donors (Lipinski definition) is 0. The number of rotatable bonds is 7. The fourth-order valence-corrected chi connectivity index (χ4v) is 2.99. The highest BCUT2D eigenvalue weighted by Gasteiger charge is 2.13. The molecule has 0 saturated heterocycles. The van der Waals surface area contributed by atoms with Gasteiger partial charge in [-0.2, -0.15) is 4.98 Å². The minimum Gasteiger partial charge on any atom is -0.338 e. The van der Waals surface area contributed by atoms with Crippen LogP contribution in [0.4, 0.5) is 5.69 Å². The van der Waals surface area contributed by atoms with Gasteiger partial charge in [-0.25, -0.2) is 4.98 Å². The number of thioether (sulfide) groups is 1. The van der Waals surface area contributed by atoms with E-state index in [1.807, 2.05) is 6.20 Å². The number of nitrogens with zero attached hydrogens (tertiary/aromatic N) is 5. The fraction of sp³-hybridized carbons (Fsp3) is 0.267. The second kappa shape index (κ2) is 7.26. The quantitative estimate of drug-likeness (QED) is 0.367. The smallest absolute Gasteiger partial charge is 0.270 e. The van der Waals surface area contributed by atoms with Gasteiger partial charge >= 0.3 is 0 Å². The van der Waals surface area contributed by atoms with Gasteiger partial charge in [0.25, 0.3) is 5.69 Å². The molecule has 8 nitrogen and oxygen atoms in total. The summed E-state index contributed by atoms with van der Waals surface area (Å²) in [7, 11) is 0. The molecule has 24 heavy (non-hydrogen) atoms. The first-order valence-corrected chi connectivity index (χ1v) is 8.37. The summed E-state index contributed by atoms with van der Waals surface area (Å²) < 4.78 is 7.30. The Balaban J connectivity index is 1.70. The third-order valence-electron chi connectivity index (χ3n) is 3.25. The Kier molecular flexibility index (Phi) is 4.90. The Bertz CT molecular complexity index is 845. The summed E-state index contributed by atoms with van der Waals surface area (Å²) in [6.07, 6.45) is 4.73. The molecule has 0 saturated carbocycles. The maximum atomic E-state index is 10.8. The molecule has 0 radical (unpaired) electrons. The lowest BCUT2D eigenvalue weighted by Crippen LogP contribution is -1.97. The summed E-state index contributed by atoms with van der Waals surface area (Å²) in [4.78, 5) is 19.0. The van der Waals surface area contributed by atoms with E-state index in [0.29, 0.717) is 23.0 Å². The van der Waals surface area contributed by atoms with Gasteiger partial charge in [0.05, 0.1) is 10.7 Å². The minimum atomic E-state index is -0.450. The molecular weight excluding hydrogens is 330 g/mol. The van der Waals surface area contributed by atoms with Crippen LogP contribution in [0.25, 0.3) is 11.4 Å². The highest BCUT2D eigenvalue weighted by molar-refractivity contribution is 7.98. The Morgan fingerprint density at radius 3 is 3.08 bits per heavy atom. The fourth-order valence-electron chi connectivity index (χ4n) is 2.16. The lowest BCUT2D eigenvalue weighted by Gasteiger charge is -2.03. The summed E-state index contributed by atoms with van der Waals surface area (Å²) in [6, 6.07) is 6.16. The van der Waals surface area contributed by atoms with Crippen molar-refractivity contribution in [2.24, 2.45) is 0 Å². The Morgan fingerprint density at radius 2 is 2.29 bits per heavy atom. The molecule has 0 bridgehead atoms. The molecular formula is C15H15N5O3S. The van der Waals surface area contributed by atoms with Crippen LogP contribution in [0.5, 0.6) is 0 Å². The molecule has 9 heteroatoms. The highest BCUT2D eigenvalue weighted by atomic mass is 32.2. The van der Waals surface area contributed by atoms with Crippen molar-refractivity contribution in [3.05, 3.63) is 52.7 Å². The predicted molar refractivity (Wildman–Crippen MR) is 88.5 cm³/mol. The Hall–Kier alpha value is -2.68. The number of benzene rings is 1. The number of hydrogen-bond acceptors (Lipinski definition) is 7. The van der Waals surface area contributed by atoms with Crippen molar-refractivity contribution in [1.82, 2.24) is 19.7 Å². The SMILES string of the molecule is CCCn1ccnc1SCc1nc(-c2cccc([N+](=O)[O-])c2)no1. The first kappa shape index (κ1) is 16.2. The zero-order valence-corrected chi connectivity index (χ0v) is 13.8. The van der Waals surface area contributed by atoms with Crippen LogP contribution in [-0.4, -0.2) is 24.6 Å². The van der Waals surface area contributed by atoms with E-state index in [4.69, 9.17) is 4.52 Å².